The van der Waals surface area contributed by atoms with Gasteiger partial charge in [-0.25, -0.2) is 9.97 Å². The molecule has 0 aromatic carbocycles. The second-order valence-electron chi connectivity index (χ2n) is 6.87. The molecule has 132 valence electrons. The van der Waals surface area contributed by atoms with Gasteiger partial charge in [-0.3, -0.25) is 9.48 Å². The van der Waals surface area contributed by atoms with Crippen LogP contribution in [-0.4, -0.2) is 56.2 Å². The zero-order valence-electron chi connectivity index (χ0n) is 14.4. The number of anilines is 1. The smallest absolute Gasteiger partial charge is 0.226 e. The van der Waals surface area contributed by atoms with E-state index in [0.717, 1.165) is 37.3 Å². The lowest BCUT2D eigenvalue weighted by atomic mass is 10.1. The topological polar surface area (TPSA) is 67.2 Å². The Morgan fingerprint density at radius 1 is 1.28 bits per heavy atom. The summed E-state index contributed by atoms with van der Waals surface area (Å²) in [5, 5.41) is 4.70. The minimum atomic E-state index is 0.148. The molecule has 1 saturated heterocycles. The average Bonchev–Trinajstić information content (AvgIpc) is 3.36. The van der Waals surface area contributed by atoms with Crippen LogP contribution in [0.4, 0.5) is 5.82 Å². The van der Waals surface area contributed by atoms with E-state index in [0.29, 0.717) is 23.3 Å². The largest absolute Gasteiger partial charge is 0.351 e. The van der Waals surface area contributed by atoms with Crippen molar-refractivity contribution in [1.82, 2.24) is 24.6 Å². The fraction of sp³-hybridized carbons (Fsp3) is 0.529. The lowest BCUT2D eigenvalue weighted by Gasteiger charge is -2.40. The molecule has 3 heterocycles. The van der Waals surface area contributed by atoms with Crippen molar-refractivity contribution in [1.29, 1.82) is 0 Å². The second-order valence-corrected chi connectivity index (χ2v) is 7.28. The van der Waals surface area contributed by atoms with Crippen LogP contribution in [0.3, 0.4) is 0 Å². The molecule has 0 radical (unpaired) electrons. The van der Waals surface area contributed by atoms with Crippen LogP contribution in [0, 0.1) is 5.92 Å². The normalized spacial score (nSPS) is 20.8. The summed E-state index contributed by atoms with van der Waals surface area (Å²) in [5.74, 6) is 1.89. The SMILES string of the molecule is C[C@@H]1CN(c2nc(-c3cnn(C)c3)ncc2Cl)CCN1C(=O)C1CC1. The number of hydrogen-bond acceptors (Lipinski definition) is 5. The number of carbonyl (C=O) groups excluding carboxylic acids is 1. The zero-order valence-corrected chi connectivity index (χ0v) is 15.1. The van der Waals surface area contributed by atoms with Gasteiger partial charge >= 0.3 is 0 Å². The van der Waals surface area contributed by atoms with E-state index in [1.165, 1.54) is 0 Å². The predicted octanol–water partition coefficient (Wildman–Crippen LogP) is 1.98. The van der Waals surface area contributed by atoms with Crippen LogP contribution in [0.15, 0.2) is 18.6 Å². The Morgan fingerprint density at radius 3 is 2.72 bits per heavy atom. The first kappa shape index (κ1) is 16.3. The van der Waals surface area contributed by atoms with Gasteiger partial charge in [0.1, 0.15) is 5.02 Å². The highest BCUT2D eigenvalue weighted by Crippen LogP contribution is 2.33. The summed E-state index contributed by atoms with van der Waals surface area (Å²) < 4.78 is 1.72. The molecule has 2 aliphatic rings. The van der Waals surface area contributed by atoms with Gasteiger partial charge in [-0.05, 0) is 19.8 Å². The molecule has 4 rings (SSSR count). The number of rotatable bonds is 3. The third-order valence-electron chi connectivity index (χ3n) is 4.83. The average molecular weight is 361 g/mol. The maximum Gasteiger partial charge on any atom is 0.226 e. The Labute approximate surface area is 151 Å². The van der Waals surface area contributed by atoms with Gasteiger partial charge in [-0.1, -0.05) is 11.6 Å². The summed E-state index contributed by atoms with van der Waals surface area (Å²) in [7, 11) is 1.86. The molecule has 1 amide bonds. The molecule has 2 aromatic heterocycles. The molecule has 0 unspecified atom stereocenters. The minimum absolute atomic E-state index is 0.148. The Morgan fingerprint density at radius 2 is 2.08 bits per heavy atom. The molecule has 1 atom stereocenters. The molecule has 1 saturated carbocycles. The van der Waals surface area contributed by atoms with Crippen LogP contribution < -0.4 is 4.90 Å². The number of aryl methyl sites for hydroxylation is 1. The summed E-state index contributed by atoms with van der Waals surface area (Å²) in [6.45, 7) is 4.25. The van der Waals surface area contributed by atoms with Gasteiger partial charge in [-0.2, -0.15) is 5.10 Å². The van der Waals surface area contributed by atoms with E-state index in [1.54, 1.807) is 17.1 Å². The Balaban J connectivity index is 1.54. The fourth-order valence-electron chi connectivity index (χ4n) is 3.30. The molecule has 8 heteroatoms. The molecular formula is C17H21ClN6O. The van der Waals surface area contributed by atoms with Crippen molar-refractivity contribution in [2.45, 2.75) is 25.8 Å². The van der Waals surface area contributed by atoms with Crippen LogP contribution in [0.25, 0.3) is 11.4 Å². The van der Waals surface area contributed by atoms with Gasteiger partial charge in [0.15, 0.2) is 11.6 Å². The molecule has 0 bridgehead atoms. The molecule has 0 spiro atoms. The van der Waals surface area contributed by atoms with Crippen molar-refractivity contribution in [2.75, 3.05) is 24.5 Å². The Bertz CT molecular complexity index is 802. The van der Waals surface area contributed by atoms with Gasteiger partial charge in [0.25, 0.3) is 0 Å². The van der Waals surface area contributed by atoms with Crippen molar-refractivity contribution in [3.05, 3.63) is 23.6 Å². The molecule has 7 nitrogen and oxygen atoms in total. The zero-order chi connectivity index (χ0) is 17.6. The number of amides is 1. The lowest BCUT2D eigenvalue weighted by molar-refractivity contribution is -0.134. The van der Waals surface area contributed by atoms with Crippen molar-refractivity contribution in [2.24, 2.45) is 13.0 Å². The van der Waals surface area contributed by atoms with Crippen LogP contribution in [0.2, 0.25) is 5.02 Å². The molecule has 2 fully saturated rings. The van der Waals surface area contributed by atoms with Crippen LogP contribution in [-0.2, 0) is 11.8 Å². The van der Waals surface area contributed by atoms with Gasteiger partial charge in [0, 0.05) is 44.8 Å². The number of halogens is 1. The second kappa shape index (κ2) is 6.29. The highest BCUT2D eigenvalue weighted by molar-refractivity contribution is 6.32. The standard InChI is InChI=1S/C17H21ClN6O/c1-11-9-23(5-6-24(11)17(25)12-3-4-12)16-14(18)8-19-15(21-16)13-7-20-22(2)10-13/h7-8,10-12H,3-6,9H2,1-2H3/t11-/m1/s1. The Hall–Kier alpha value is -2.15. The van der Waals surface area contributed by atoms with Gasteiger partial charge in [-0.15, -0.1) is 0 Å². The maximum atomic E-state index is 12.4. The van der Waals surface area contributed by atoms with Gasteiger partial charge < -0.3 is 9.80 Å². The van der Waals surface area contributed by atoms with Gasteiger partial charge in [0.2, 0.25) is 5.91 Å². The molecule has 1 aliphatic carbocycles. The summed E-state index contributed by atoms with van der Waals surface area (Å²) in [5.41, 5.74) is 0.857. The van der Waals surface area contributed by atoms with E-state index < -0.39 is 0 Å². The van der Waals surface area contributed by atoms with Gasteiger partial charge in [0.05, 0.1) is 18.0 Å². The summed E-state index contributed by atoms with van der Waals surface area (Å²) in [6.07, 6.45) is 7.33. The molecular weight excluding hydrogens is 340 g/mol. The highest BCUT2D eigenvalue weighted by Gasteiger charge is 2.37. The lowest BCUT2D eigenvalue weighted by Crippen LogP contribution is -2.54. The minimum Gasteiger partial charge on any atom is -0.351 e. The van der Waals surface area contributed by atoms with E-state index >= 15 is 0 Å². The summed E-state index contributed by atoms with van der Waals surface area (Å²) >= 11 is 6.36. The first-order valence-electron chi connectivity index (χ1n) is 8.60. The fourth-order valence-corrected chi connectivity index (χ4v) is 3.51. The maximum absolute atomic E-state index is 12.4. The van der Waals surface area contributed by atoms with Crippen LogP contribution in [0.5, 0.6) is 0 Å². The predicted molar refractivity (Wildman–Crippen MR) is 95.4 cm³/mol. The number of hydrogen-bond donors (Lipinski definition) is 0. The van der Waals surface area contributed by atoms with E-state index in [1.807, 2.05) is 18.1 Å². The van der Waals surface area contributed by atoms with E-state index in [4.69, 9.17) is 11.6 Å². The number of piperazine rings is 1. The monoisotopic (exact) mass is 360 g/mol. The van der Waals surface area contributed by atoms with Crippen LogP contribution >= 0.6 is 11.6 Å². The third-order valence-corrected chi connectivity index (χ3v) is 5.09. The third kappa shape index (κ3) is 3.20. The summed E-state index contributed by atoms with van der Waals surface area (Å²) in [6, 6.07) is 0.148. The molecule has 0 N–H and O–H groups in total. The molecule has 2 aromatic rings. The molecule has 1 aliphatic heterocycles. The Kier molecular flexibility index (Phi) is 4.11. The van der Waals surface area contributed by atoms with Crippen molar-refractivity contribution < 1.29 is 4.79 Å². The first-order chi connectivity index (χ1) is 12.0. The van der Waals surface area contributed by atoms with Crippen molar-refractivity contribution in [3.63, 3.8) is 0 Å². The number of nitrogens with zero attached hydrogens (tertiary/aromatic N) is 6. The van der Waals surface area contributed by atoms with E-state index in [2.05, 4.69) is 26.9 Å². The van der Waals surface area contributed by atoms with E-state index in [9.17, 15) is 4.79 Å². The number of carbonyl (C=O) groups is 1. The van der Waals surface area contributed by atoms with Crippen LogP contribution in [0.1, 0.15) is 19.8 Å². The number of aromatic nitrogens is 4. The first-order valence-corrected chi connectivity index (χ1v) is 8.97. The van der Waals surface area contributed by atoms with Crippen molar-refractivity contribution in [3.8, 4) is 11.4 Å². The quantitative estimate of drug-likeness (QED) is 0.837. The highest BCUT2D eigenvalue weighted by atomic mass is 35.5. The van der Waals surface area contributed by atoms with E-state index in [-0.39, 0.29) is 12.0 Å². The van der Waals surface area contributed by atoms with Crippen molar-refractivity contribution >= 4 is 23.3 Å². The molecule has 25 heavy (non-hydrogen) atoms. The summed E-state index contributed by atoms with van der Waals surface area (Å²) in [4.78, 5) is 25.5.